The largest absolute Gasteiger partial charge is 0.370 e. The lowest BCUT2D eigenvalue weighted by Gasteiger charge is -2.26. The molecule has 0 spiro atoms. The molecule has 0 aliphatic carbocycles. The third-order valence-corrected chi connectivity index (χ3v) is 3.29. The maximum atomic E-state index is 13.2. The van der Waals surface area contributed by atoms with Gasteiger partial charge in [0.15, 0.2) is 0 Å². The highest BCUT2D eigenvalue weighted by Crippen LogP contribution is 2.18. The Morgan fingerprint density at radius 2 is 2.35 bits per heavy atom. The van der Waals surface area contributed by atoms with Gasteiger partial charge in [0.25, 0.3) is 0 Å². The molecule has 2 rings (SSSR count). The van der Waals surface area contributed by atoms with Gasteiger partial charge in [-0.3, -0.25) is 0 Å². The van der Waals surface area contributed by atoms with E-state index in [2.05, 4.69) is 17.1 Å². The van der Waals surface area contributed by atoms with Gasteiger partial charge < -0.3 is 10.2 Å². The Morgan fingerprint density at radius 1 is 1.47 bits per heavy atom. The maximum absolute atomic E-state index is 13.2. The molecule has 1 aliphatic heterocycles. The predicted molar refractivity (Wildman–Crippen MR) is 69.9 cm³/mol. The van der Waals surface area contributed by atoms with Crippen LogP contribution in [0.3, 0.4) is 0 Å². The minimum Gasteiger partial charge on any atom is -0.370 e. The minimum atomic E-state index is -0.147. The summed E-state index contributed by atoms with van der Waals surface area (Å²) in [6.07, 6.45) is 3.50. The first kappa shape index (κ1) is 12.4. The van der Waals surface area contributed by atoms with Crippen LogP contribution in [0.1, 0.15) is 26.2 Å². The Kier molecular flexibility index (Phi) is 4.37. The van der Waals surface area contributed by atoms with Crippen molar-refractivity contribution in [3.63, 3.8) is 0 Å². The number of anilines is 1. The van der Waals surface area contributed by atoms with Crippen LogP contribution in [0, 0.1) is 5.82 Å². The molecule has 1 saturated heterocycles. The number of benzene rings is 1. The first-order valence-corrected chi connectivity index (χ1v) is 6.53. The topological polar surface area (TPSA) is 15.3 Å². The van der Waals surface area contributed by atoms with E-state index in [1.165, 1.54) is 18.9 Å². The highest BCUT2D eigenvalue weighted by molar-refractivity contribution is 5.46. The van der Waals surface area contributed by atoms with E-state index < -0.39 is 0 Å². The highest BCUT2D eigenvalue weighted by Gasteiger charge is 2.17. The summed E-state index contributed by atoms with van der Waals surface area (Å²) in [5.74, 6) is -0.147. The normalized spacial score (nSPS) is 21.3. The fraction of sp³-hybridized carbons (Fsp3) is 0.571. The molecule has 1 atom stereocenters. The van der Waals surface area contributed by atoms with Gasteiger partial charge in [0.1, 0.15) is 5.82 Å². The van der Waals surface area contributed by atoms with Crippen LogP contribution in [0.5, 0.6) is 0 Å². The molecular formula is C14H21FN2. The monoisotopic (exact) mass is 236 g/mol. The highest BCUT2D eigenvalue weighted by atomic mass is 19.1. The summed E-state index contributed by atoms with van der Waals surface area (Å²) in [5.41, 5.74) is 1.01. The van der Waals surface area contributed by atoms with Gasteiger partial charge in [-0.2, -0.15) is 0 Å². The van der Waals surface area contributed by atoms with E-state index in [9.17, 15) is 4.39 Å². The zero-order valence-corrected chi connectivity index (χ0v) is 10.5. The fourth-order valence-corrected chi connectivity index (χ4v) is 2.45. The molecule has 1 aliphatic rings. The summed E-state index contributed by atoms with van der Waals surface area (Å²) in [6.45, 7) is 5.27. The van der Waals surface area contributed by atoms with Crippen molar-refractivity contribution >= 4 is 5.69 Å². The number of hydrogen-bond acceptors (Lipinski definition) is 2. The number of rotatable bonds is 3. The van der Waals surface area contributed by atoms with Crippen molar-refractivity contribution in [1.29, 1.82) is 0 Å². The Hall–Kier alpha value is -1.09. The van der Waals surface area contributed by atoms with Gasteiger partial charge in [0.2, 0.25) is 0 Å². The number of nitrogens with zero attached hydrogens (tertiary/aromatic N) is 1. The van der Waals surface area contributed by atoms with E-state index in [0.29, 0.717) is 6.04 Å². The van der Waals surface area contributed by atoms with Crippen molar-refractivity contribution in [2.45, 2.75) is 32.2 Å². The molecule has 94 valence electrons. The molecule has 2 nitrogen and oxygen atoms in total. The van der Waals surface area contributed by atoms with Gasteiger partial charge in [0.05, 0.1) is 0 Å². The standard InChI is InChI=1S/C14H21FN2/c1-2-5-13-11-17(9-4-8-16-13)14-7-3-6-12(15)10-14/h3,6-7,10,13,16H,2,4-5,8-9,11H2,1H3. The lowest BCUT2D eigenvalue weighted by atomic mass is 10.1. The second kappa shape index (κ2) is 6.01. The van der Waals surface area contributed by atoms with Crippen molar-refractivity contribution in [3.05, 3.63) is 30.1 Å². The van der Waals surface area contributed by atoms with E-state index in [1.54, 1.807) is 12.1 Å². The van der Waals surface area contributed by atoms with E-state index in [-0.39, 0.29) is 5.82 Å². The SMILES string of the molecule is CCCC1CN(c2cccc(F)c2)CCCN1. The van der Waals surface area contributed by atoms with E-state index in [4.69, 9.17) is 0 Å². The summed E-state index contributed by atoms with van der Waals surface area (Å²) in [4.78, 5) is 2.30. The van der Waals surface area contributed by atoms with Crippen LogP contribution in [0.15, 0.2) is 24.3 Å². The molecule has 1 heterocycles. The lowest BCUT2D eigenvalue weighted by Crippen LogP contribution is -2.37. The van der Waals surface area contributed by atoms with Gasteiger partial charge in [-0.15, -0.1) is 0 Å². The van der Waals surface area contributed by atoms with Crippen LogP contribution in [0.2, 0.25) is 0 Å². The summed E-state index contributed by atoms with van der Waals surface area (Å²) in [7, 11) is 0. The Morgan fingerprint density at radius 3 is 3.12 bits per heavy atom. The van der Waals surface area contributed by atoms with Crippen molar-refractivity contribution in [1.82, 2.24) is 5.32 Å². The zero-order valence-electron chi connectivity index (χ0n) is 10.5. The quantitative estimate of drug-likeness (QED) is 0.868. The third-order valence-electron chi connectivity index (χ3n) is 3.29. The number of halogens is 1. The molecular weight excluding hydrogens is 215 g/mol. The van der Waals surface area contributed by atoms with Gasteiger partial charge in [-0.25, -0.2) is 4.39 Å². The summed E-state index contributed by atoms with van der Waals surface area (Å²) < 4.78 is 13.2. The lowest BCUT2D eigenvalue weighted by molar-refractivity contribution is 0.502. The number of hydrogen-bond donors (Lipinski definition) is 1. The van der Waals surface area contributed by atoms with E-state index >= 15 is 0 Å². The molecule has 3 heteroatoms. The predicted octanol–water partition coefficient (Wildman–Crippen LogP) is 2.79. The van der Waals surface area contributed by atoms with Crippen LogP contribution in [0.25, 0.3) is 0 Å². The molecule has 17 heavy (non-hydrogen) atoms. The Balaban J connectivity index is 2.08. The molecule has 0 amide bonds. The fourth-order valence-electron chi connectivity index (χ4n) is 2.45. The zero-order chi connectivity index (χ0) is 12.1. The first-order valence-electron chi connectivity index (χ1n) is 6.53. The molecule has 0 saturated carbocycles. The van der Waals surface area contributed by atoms with Crippen LogP contribution in [-0.4, -0.2) is 25.7 Å². The second-order valence-electron chi connectivity index (χ2n) is 4.72. The maximum Gasteiger partial charge on any atom is 0.125 e. The van der Waals surface area contributed by atoms with Gasteiger partial charge in [0, 0.05) is 24.8 Å². The average Bonchev–Trinajstić information content (AvgIpc) is 2.55. The minimum absolute atomic E-state index is 0.147. The molecule has 1 fully saturated rings. The van der Waals surface area contributed by atoms with Crippen molar-refractivity contribution in [2.24, 2.45) is 0 Å². The van der Waals surface area contributed by atoms with Gasteiger partial charge in [-0.05, 0) is 37.6 Å². The van der Waals surface area contributed by atoms with Gasteiger partial charge in [-0.1, -0.05) is 19.4 Å². The van der Waals surface area contributed by atoms with Crippen molar-refractivity contribution in [3.8, 4) is 0 Å². The van der Waals surface area contributed by atoms with Gasteiger partial charge >= 0.3 is 0 Å². The van der Waals surface area contributed by atoms with Crippen LogP contribution >= 0.6 is 0 Å². The average molecular weight is 236 g/mol. The third kappa shape index (κ3) is 3.43. The van der Waals surface area contributed by atoms with Crippen molar-refractivity contribution in [2.75, 3.05) is 24.5 Å². The molecule has 0 radical (unpaired) electrons. The Labute approximate surface area is 103 Å². The Bertz CT molecular complexity index is 354. The molecule has 1 unspecified atom stereocenters. The van der Waals surface area contributed by atoms with Crippen molar-refractivity contribution < 1.29 is 4.39 Å². The molecule has 1 aromatic carbocycles. The first-order chi connectivity index (χ1) is 8.29. The van der Waals surface area contributed by atoms with E-state index in [0.717, 1.165) is 31.7 Å². The summed E-state index contributed by atoms with van der Waals surface area (Å²) >= 11 is 0. The molecule has 1 aromatic rings. The smallest absolute Gasteiger partial charge is 0.125 e. The molecule has 0 aromatic heterocycles. The van der Waals surface area contributed by atoms with E-state index in [1.807, 2.05) is 6.07 Å². The summed E-state index contributed by atoms with van der Waals surface area (Å²) in [5, 5.41) is 3.56. The summed E-state index contributed by atoms with van der Waals surface area (Å²) in [6, 6.07) is 7.46. The molecule has 1 N–H and O–H groups in total. The van der Waals surface area contributed by atoms with Crippen LogP contribution in [0.4, 0.5) is 10.1 Å². The van der Waals surface area contributed by atoms with Crippen LogP contribution < -0.4 is 10.2 Å². The molecule has 0 bridgehead atoms. The second-order valence-corrected chi connectivity index (χ2v) is 4.72. The van der Waals surface area contributed by atoms with Crippen LogP contribution in [-0.2, 0) is 0 Å². The number of nitrogens with one attached hydrogen (secondary N) is 1.